The zero-order valence-corrected chi connectivity index (χ0v) is 9.39. The van der Waals surface area contributed by atoms with Crippen molar-refractivity contribution in [1.29, 1.82) is 0 Å². The zero-order valence-electron chi connectivity index (χ0n) is 9.39. The predicted octanol–water partition coefficient (Wildman–Crippen LogP) is 1.24. The van der Waals surface area contributed by atoms with Crippen molar-refractivity contribution in [3.05, 3.63) is 17.5 Å². The van der Waals surface area contributed by atoms with Crippen molar-refractivity contribution in [2.45, 2.75) is 26.0 Å². The first kappa shape index (κ1) is 10.0. The van der Waals surface area contributed by atoms with Gasteiger partial charge in [0.2, 0.25) is 0 Å². The van der Waals surface area contributed by atoms with Crippen molar-refractivity contribution in [3.8, 4) is 0 Å². The summed E-state index contributed by atoms with van der Waals surface area (Å²) in [6.07, 6.45) is -0.486. The van der Waals surface area contributed by atoms with Crippen LogP contribution in [0.4, 0.5) is 4.79 Å². The lowest BCUT2D eigenvalue weighted by Crippen LogP contribution is -2.27. The second-order valence-electron chi connectivity index (χ2n) is 3.99. The molecule has 5 nitrogen and oxygen atoms in total. The average molecular weight is 209 g/mol. The molecule has 2 heterocycles. The van der Waals surface area contributed by atoms with Crippen LogP contribution in [0, 0.1) is 6.92 Å². The fraction of sp³-hybridized carbons (Fsp3) is 0.600. The third kappa shape index (κ3) is 1.48. The molecule has 0 spiro atoms. The molecule has 1 aliphatic rings. The summed E-state index contributed by atoms with van der Waals surface area (Å²) < 4.78 is 7.06. The standard InChI is InChI=1S/C10H15N3O2/c1-6-5-8(13(4)11-6)9-7(2)12(3)10(14)15-9/h5,7,9H,1-4H3/t7-,9-/m0/s1. The van der Waals surface area contributed by atoms with Crippen molar-refractivity contribution in [3.63, 3.8) is 0 Å². The third-order valence-electron chi connectivity index (χ3n) is 2.89. The molecule has 1 fully saturated rings. The Morgan fingerprint density at radius 1 is 1.47 bits per heavy atom. The van der Waals surface area contributed by atoms with E-state index in [1.54, 1.807) is 16.6 Å². The van der Waals surface area contributed by atoms with E-state index in [0.29, 0.717) is 0 Å². The van der Waals surface area contributed by atoms with Gasteiger partial charge in [-0.05, 0) is 19.9 Å². The van der Waals surface area contributed by atoms with Crippen molar-refractivity contribution in [1.82, 2.24) is 14.7 Å². The number of aryl methyl sites for hydroxylation is 2. The number of aromatic nitrogens is 2. The summed E-state index contributed by atoms with van der Waals surface area (Å²) in [5.41, 5.74) is 1.88. The Kier molecular flexibility index (Phi) is 2.17. The SMILES string of the molecule is Cc1cc([C@H]2OC(=O)N(C)[C@H]2C)n(C)n1. The van der Waals surface area contributed by atoms with E-state index < -0.39 is 0 Å². The fourth-order valence-corrected chi connectivity index (χ4v) is 1.86. The van der Waals surface area contributed by atoms with E-state index in [-0.39, 0.29) is 18.2 Å². The molecule has 1 amide bonds. The van der Waals surface area contributed by atoms with E-state index in [1.165, 1.54) is 0 Å². The first-order valence-corrected chi connectivity index (χ1v) is 4.94. The molecule has 0 radical (unpaired) electrons. The molecular formula is C10H15N3O2. The molecule has 82 valence electrons. The summed E-state index contributed by atoms with van der Waals surface area (Å²) >= 11 is 0. The monoisotopic (exact) mass is 209 g/mol. The normalized spacial score (nSPS) is 25.9. The molecule has 0 saturated carbocycles. The van der Waals surface area contributed by atoms with Crippen LogP contribution >= 0.6 is 0 Å². The van der Waals surface area contributed by atoms with E-state index in [4.69, 9.17) is 4.74 Å². The molecule has 0 unspecified atom stereocenters. The number of carbonyl (C=O) groups excluding carboxylic acids is 1. The van der Waals surface area contributed by atoms with Crippen LogP contribution in [0.25, 0.3) is 0 Å². The van der Waals surface area contributed by atoms with Gasteiger partial charge in [-0.2, -0.15) is 5.10 Å². The predicted molar refractivity (Wildman–Crippen MR) is 54.4 cm³/mol. The lowest BCUT2D eigenvalue weighted by atomic mass is 10.1. The highest BCUT2D eigenvalue weighted by molar-refractivity contribution is 5.70. The Balaban J connectivity index is 2.33. The topological polar surface area (TPSA) is 47.4 Å². The van der Waals surface area contributed by atoms with Crippen LogP contribution in [0.2, 0.25) is 0 Å². The molecule has 2 atom stereocenters. The lowest BCUT2D eigenvalue weighted by molar-refractivity contribution is 0.127. The molecule has 0 aromatic carbocycles. The number of amides is 1. The maximum absolute atomic E-state index is 11.4. The van der Waals surface area contributed by atoms with Crippen LogP contribution in [0.1, 0.15) is 24.4 Å². The Morgan fingerprint density at radius 3 is 2.53 bits per heavy atom. The highest BCUT2D eigenvalue weighted by Crippen LogP contribution is 2.31. The summed E-state index contributed by atoms with van der Waals surface area (Å²) in [5.74, 6) is 0. The number of rotatable bonds is 1. The maximum Gasteiger partial charge on any atom is 0.410 e. The quantitative estimate of drug-likeness (QED) is 0.699. The van der Waals surface area contributed by atoms with Gasteiger partial charge >= 0.3 is 6.09 Å². The van der Waals surface area contributed by atoms with Gasteiger partial charge in [-0.25, -0.2) is 4.79 Å². The lowest BCUT2D eigenvalue weighted by Gasteiger charge is -2.16. The van der Waals surface area contributed by atoms with E-state index >= 15 is 0 Å². The van der Waals surface area contributed by atoms with Gasteiger partial charge < -0.3 is 9.64 Å². The molecule has 0 bridgehead atoms. The summed E-state index contributed by atoms with van der Waals surface area (Å²) in [7, 11) is 3.61. The third-order valence-corrected chi connectivity index (χ3v) is 2.89. The minimum atomic E-state index is -0.272. The first-order valence-electron chi connectivity index (χ1n) is 4.94. The van der Waals surface area contributed by atoms with Crippen LogP contribution < -0.4 is 0 Å². The van der Waals surface area contributed by atoms with Gasteiger partial charge in [0.1, 0.15) is 0 Å². The smallest absolute Gasteiger partial charge is 0.410 e. The molecule has 1 aliphatic heterocycles. The number of likely N-dealkylation sites (N-methyl/N-ethyl adjacent to an activating group) is 1. The second kappa shape index (κ2) is 3.25. The van der Waals surface area contributed by atoms with Crippen LogP contribution in [0.15, 0.2) is 6.07 Å². The van der Waals surface area contributed by atoms with Gasteiger partial charge in [-0.3, -0.25) is 4.68 Å². The van der Waals surface area contributed by atoms with Crippen molar-refractivity contribution in [2.24, 2.45) is 7.05 Å². The molecule has 0 N–H and O–H groups in total. The van der Waals surface area contributed by atoms with Crippen molar-refractivity contribution >= 4 is 6.09 Å². The van der Waals surface area contributed by atoms with Crippen molar-refractivity contribution < 1.29 is 9.53 Å². The molecule has 5 heteroatoms. The van der Waals surface area contributed by atoms with Crippen LogP contribution in [-0.4, -0.2) is 33.9 Å². The number of hydrogen-bond acceptors (Lipinski definition) is 3. The Hall–Kier alpha value is -1.52. The van der Waals surface area contributed by atoms with Crippen LogP contribution in [-0.2, 0) is 11.8 Å². The number of hydrogen-bond donors (Lipinski definition) is 0. The summed E-state index contributed by atoms with van der Waals surface area (Å²) in [6, 6.07) is 2.00. The molecule has 1 saturated heterocycles. The molecule has 1 aromatic heterocycles. The van der Waals surface area contributed by atoms with Gasteiger partial charge in [-0.15, -0.1) is 0 Å². The molecule has 1 aromatic rings. The first-order chi connectivity index (χ1) is 7.00. The van der Waals surface area contributed by atoms with E-state index in [1.807, 2.05) is 27.0 Å². The summed E-state index contributed by atoms with van der Waals surface area (Å²) in [4.78, 5) is 13.0. The Bertz CT molecular complexity index is 399. The van der Waals surface area contributed by atoms with Crippen molar-refractivity contribution in [2.75, 3.05) is 7.05 Å². The van der Waals surface area contributed by atoms with Crippen LogP contribution in [0.5, 0.6) is 0 Å². The molecular weight excluding hydrogens is 194 g/mol. The fourth-order valence-electron chi connectivity index (χ4n) is 1.86. The Labute approximate surface area is 88.6 Å². The largest absolute Gasteiger partial charge is 0.437 e. The number of carbonyl (C=O) groups is 1. The van der Waals surface area contributed by atoms with Gasteiger partial charge in [0.25, 0.3) is 0 Å². The van der Waals surface area contributed by atoms with Gasteiger partial charge in [-0.1, -0.05) is 0 Å². The number of nitrogens with zero attached hydrogens (tertiary/aromatic N) is 3. The molecule has 0 aliphatic carbocycles. The summed E-state index contributed by atoms with van der Waals surface area (Å²) in [6.45, 7) is 3.90. The highest BCUT2D eigenvalue weighted by atomic mass is 16.6. The van der Waals surface area contributed by atoms with E-state index in [0.717, 1.165) is 11.4 Å². The number of ether oxygens (including phenoxy) is 1. The van der Waals surface area contributed by atoms with E-state index in [9.17, 15) is 4.79 Å². The minimum absolute atomic E-state index is 0.0484. The zero-order chi connectivity index (χ0) is 11.2. The Morgan fingerprint density at radius 2 is 2.13 bits per heavy atom. The van der Waals surface area contributed by atoms with Gasteiger partial charge in [0.05, 0.1) is 17.4 Å². The maximum atomic E-state index is 11.4. The van der Waals surface area contributed by atoms with Gasteiger partial charge in [0.15, 0.2) is 6.10 Å². The van der Waals surface area contributed by atoms with E-state index in [2.05, 4.69) is 5.10 Å². The number of cyclic esters (lactones) is 1. The average Bonchev–Trinajstić information content (AvgIpc) is 2.61. The minimum Gasteiger partial charge on any atom is -0.437 e. The molecule has 15 heavy (non-hydrogen) atoms. The van der Waals surface area contributed by atoms with Gasteiger partial charge in [0, 0.05) is 14.1 Å². The molecule has 2 rings (SSSR count). The second-order valence-corrected chi connectivity index (χ2v) is 3.99. The highest BCUT2D eigenvalue weighted by Gasteiger charge is 2.38. The van der Waals surface area contributed by atoms with Crippen LogP contribution in [0.3, 0.4) is 0 Å². The summed E-state index contributed by atoms with van der Waals surface area (Å²) in [5, 5.41) is 4.25.